The molecule has 2 rings (SSSR count). The fraction of sp³-hybridized carbons (Fsp3) is 0.667. The lowest BCUT2D eigenvalue weighted by atomic mass is 10.1. The third kappa shape index (κ3) is 15.0. The largest absolute Gasteiger partial charge is 0.504 e. The van der Waals surface area contributed by atoms with E-state index in [0.29, 0.717) is 35.8 Å². The molecule has 0 unspecified atom stereocenters. The molecule has 0 spiro atoms. The van der Waals surface area contributed by atoms with Crippen molar-refractivity contribution in [1.82, 2.24) is 0 Å². The molecule has 0 saturated carbocycles. The minimum Gasteiger partial charge on any atom is -0.493 e. The molecule has 49 heavy (non-hydrogen) atoms. The SMILES string of the molecule is CCCCCCCCCCCCOc1ccc(S(=O)(=O)C(=[N+]=[N-])S(=O)(=O)c2ccc(OCCCCCCCCCCCC)c(C)c2)cc1C. The van der Waals surface area contributed by atoms with E-state index >= 15 is 0 Å². The van der Waals surface area contributed by atoms with E-state index in [0.717, 1.165) is 25.7 Å². The monoisotopic (exact) mass is 718 g/mol. The van der Waals surface area contributed by atoms with Gasteiger partial charge in [0.2, 0.25) is 0 Å². The predicted molar refractivity (Wildman–Crippen MR) is 200 cm³/mol. The first-order valence-electron chi connectivity index (χ1n) is 18.8. The molecule has 0 aromatic heterocycles. The minimum atomic E-state index is -4.67. The third-order valence-corrected chi connectivity index (χ3v) is 13.1. The van der Waals surface area contributed by atoms with Crippen molar-refractivity contribution in [3.05, 3.63) is 53.1 Å². The van der Waals surface area contributed by atoms with Crippen molar-refractivity contribution in [3.8, 4) is 11.5 Å². The molecule has 2 aromatic rings. The Morgan fingerprint density at radius 3 is 1.12 bits per heavy atom. The first-order chi connectivity index (χ1) is 23.6. The van der Waals surface area contributed by atoms with Crippen LogP contribution < -0.4 is 9.47 Å². The van der Waals surface area contributed by atoms with Gasteiger partial charge < -0.3 is 15.0 Å². The molecular formula is C39H62N2O6S2. The smallest absolute Gasteiger partial charge is 0.493 e. The van der Waals surface area contributed by atoms with Crippen LogP contribution in [0.1, 0.15) is 153 Å². The Bertz CT molecular complexity index is 1410. The highest BCUT2D eigenvalue weighted by Crippen LogP contribution is 2.28. The minimum absolute atomic E-state index is 0.291. The Kier molecular flexibility index (Phi) is 20.5. The van der Waals surface area contributed by atoms with Gasteiger partial charge in [-0.2, -0.15) is 0 Å². The van der Waals surface area contributed by atoms with E-state index in [9.17, 15) is 22.4 Å². The number of unbranched alkanes of at least 4 members (excludes halogenated alkanes) is 18. The molecular weight excluding hydrogens is 657 g/mol. The fourth-order valence-corrected chi connectivity index (χ4v) is 9.41. The van der Waals surface area contributed by atoms with Crippen LogP contribution in [0, 0.1) is 13.8 Å². The zero-order valence-electron chi connectivity index (χ0n) is 30.7. The molecule has 276 valence electrons. The molecule has 0 aliphatic heterocycles. The number of ether oxygens (including phenoxy) is 2. The van der Waals surface area contributed by atoms with Gasteiger partial charge in [0.15, 0.2) is 0 Å². The van der Waals surface area contributed by atoms with Gasteiger partial charge in [-0.15, -0.1) is 4.79 Å². The maximum absolute atomic E-state index is 13.5. The zero-order valence-corrected chi connectivity index (χ0v) is 32.3. The van der Waals surface area contributed by atoms with Gasteiger partial charge in [0, 0.05) is 0 Å². The Balaban J connectivity index is 1.88. The summed E-state index contributed by atoms with van der Waals surface area (Å²) in [6.45, 7) is 8.89. The van der Waals surface area contributed by atoms with Crippen molar-refractivity contribution in [2.24, 2.45) is 0 Å². The number of rotatable bonds is 26. The highest BCUT2D eigenvalue weighted by atomic mass is 32.3. The van der Waals surface area contributed by atoms with Gasteiger partial charge in [0.25, 0.3) is 19.7 Å². The summed E-state index contributed by atoms with van der Waals surface area (Å²) < 4.78 is 64.3. The number of aryl methyl sites for hydroxylation is 2. The normalized spacial score (nSPS) is 11.8. The highest BCUT2D eigenvalue weighted by Gasteiger charge is 2.44. The van der Waals surface area contributed by atoms with Gasteiger partial charge in [-0.1, -0.05) is 129 Å². The molecule has 10 heteroatoms. The van der Waals surface area contributed by atoms with Crippen molar-refractivity contribution in [2.45, 2.75) is 166 Å². The molecule has 0 aliphatic rings. The van der Waals surface area contributed by atoms with Gasteiger partial charge in [-0.25, -0.2) is 16.8 Å². The molecule has 0 saturated heterocycles. The first-order valence-corrected chi connectivity index (χ1v) is 21.7. The highest BCUT2D eigenvalue weighted by molar-refractivity contribution is 8.31. The van der Waals surface area contributed by atoms with E-state index in [4.69, 9.17) is 9.47 Å². The van der Waals surface area contributed by atoms with E-state index in [1.54, 1.807) is 13.8 Å². The average Bonchev–Trinajstić information content (AvgIpc) is 3.07. The Morgan fingerprint density at radius 2 is 0.837 bits per heavy atom. The summed E-state index contributed by atoms with van der Waals surface area (Å²) >= 11 is 0. The second kappa shape index (κ2) is 23.7. The summed E-state index contributed by atoms with van der Waals surface area (Å²) in [6, 6.07) is 8.30. The molecule has 0 amide bonds. The quantitative estimate of drug-likeness (QED) is 0.0313. The van der Waals surface area contributed by atoms with E-state index < -0.39 is 24.1 Å². The maximum Gasteiger partial charge on any atom is 0.504 e. The second-order valence-corrected chi connectivity index (χ2v) is 17.3. The lowest BCUT2D eigenvalue weighted by molar-refractivity contribution is 0.00380. The van der Waals surface area contributed by atoms with Gasteiger partial charge in [0.05, 0.1) is 23.0 Å². The van der Waals surface area contributed by atoms with Gasteiger partial charge in [-0.3, -0.25) is 0 Å². The van der Waals surface area contributed by atoms with Crippen molar-refractivity contribution in [1.29, 1.82) is 0 Å². The molecule has 0 radical (unpaired) electrons. The Hall–Kier alpha value is -2.68. The van der Waals surface area contributed by atoms with Crippen LogP contribution in [0.3, 0.4) is 0 Å². The summed E-state index contributed by atoms with van der Waals surface area (Å²) in [5.41, 5.74) is 10.8. The van der Waals surface area contributed by atoms with Crippen LogP contribution in [0.4, 0.5) is 0 Å². The van der Waals surface area contributed by atoms with Crippen LogP contribution in [-0.4, -0.2) is 39.2 Å². The molecule has 0 aliphatic carbocycles. The number of hydrogen-bond acceptors (Lipinski definition) is 6. The number of nitrogens with zero attached hydrogens (tertiary/aromatic N) is 2. The van der Waals surface area contributed by atoms with Crippen molar-refractivity contribution in [3.63, 3.8) is 0 Å². The standard InChI is InChI=1S/C39H62N2O6S2/c1-5-7-9-11-13-15-17-19-21-23-29-46-37-27-25-35(31-33(37)3)48(42,43)39(41-40)49(44,45)36-26-28-38(34(4)32-36)47-30-24-22-20-18-16-14-12-10-8-6-2/h25-28,31-32H,5-24,29-30H2,1-4H3. The topological polar surface area (TPSA) is 123 Å². The van der Waals surface area contributed by atoms with Crippen LogP contribution >= 0.6 is 0 Å². The summed E-state index contributed by atoms with van der Waals surface area (Å²) in [4.78, 5) is 2.20. The molecule has 2 aromatic carbocycles. The average molecular weight is 719 g/mol. The van der Waals surface area contributed by atoms with Gasteiger partial charge in [0.1, 0.15) is 11.5 Å². The summed E-state index contributed by atoms with van der Waals surface area (Å²) in [5, 5.41) is 0. The maximum atomic E-state index is 13.5. The van der Waals surface area contributed by atoms with Gasteiger partial charge in [-0.05, 0) is 74.2 Å². The van der Waals surface area contributed by atoms with E-state index in [1.165, 1.54) is 139 Å². The van der Waals surface area contributed by atoms with Crippen LogP contribution in [0.5, 0.6) is 11.5 Å². The Morgan fingerprint density at radius 1 is 0.531 bits per heavy atom. The van der Waals surface area contributed by atoms with Crippen molar-refractivity contribution in [2.75, 3.05) is 13.2 Å². The molecule has 0 fully saturated rings. The molecule has 0 heterocycles. The molecule has 0 N–H and O–H groups in total. The lowest BCUT2D eigenvalue weighted by Crippen LogP contribution is -2.26. The predicted octanol–water partition coefficient (Wildman–Crippen LogP) is 10.7. The summed E-state index contributed by atoms with van der Waals surface area (Å²) in [6.07, 6.45) is 24.4. The number of sulfone groups is 2. The van der Waals surface area contributed by atoms with E-state index in [2.05, 4.69) is 18.6 Å². The summed E-state index contributed by atoms with van der Waals surface area (Å²) in [7, 11) is -9.35. The molecule has 0 atom stereocenters. The van der Waals surface area contributed by atoms with E-state index in [1.807, 2.05) is 0 Å². The fourth-order valence-electron chi connectivity index (χ4n) is 5.90. The number of hydrogen-bond donors (Lipinski definition) is 0. The first kappa shape index (κ1) is 42.5. The number of benzene rings is 2. The van der Waals surface area contributed by atoms with Crippen LogP contribution in [0.2, 0.25) is 0 Å². The van der Waals surface area contributed by atoms with Crippen molar-refractivity contribution < 1.29 is 31.1 Å². The molecule has 8 nitrogen and oxygen atoms in total. The summed E-state index contributed by atoms with van der Waals surface area (Å²) in [5.74, 6) is 1.06. The van der Waals surface area contributed by atoms with Crippen LogP contribution in [-0.2, 0) is 19.7 Å². The van der Waals surface area contributed by atoms with Crippen LogP contribution in [0.15, 0.2) is 46.2 Å². The van der Waals surface area contributed by atoms with Gasteiger partial charge >= 0.3 is 4.38 Å². The Labute approximate surface area is 297 Å². The third-order valence-electron chi connectivity index (χ3n) is 8.97. The van der Waals surface area contributed by atoms with E-state index in [-0.39, 0.29) is 9.79 Å². The second-order valence-electron chi connectivity index (χ2n) is 13.3. The van der Waals surface area contributed by atoms with Crippen molar-refractivity contribution >= 4 is 24.1 Å². The zero-order chi connectivity index (χ0) is 36.0. The van der Waals surface area contributed by atoms with Crippen LogP contribution in [0.25, 0.3) is 5.53 Å². The lowest BCUT2D eigenvalue weighted by Gasteiger charge is -2.11. The molecule has 0 bridgehead atoms.